The van der Waals surface area contributed by atoms with Gasteiger partial charge in [0.2, 0.25) is 5.95 Å². The Hall–Kier alpha value is -20.2. The summed E-state index contributed by atoms with van der Waals surface area (Å²) in [6.45, 7) is 7.65. The lowest BCUT2D eigenvalue weighted by Gasteiger charge is -2.12. The maximum Gasteiger partial charge on any atom is 0.237 e. The van der Waals surface area contributed by atoms with Gasteiger partial charge in [-0.05, 0) is 171 Å². The van der Waals surface area contributed by atoms with Gasteiger partial charge in [-0.1, -0.05) is 273 Å². The molecular formula is C131H73N15. The van der Waals surface area contributed by atoms with Gasteiger partial charge in [0.05, 0.1) is 153 Å². The van der Waals surface area contributed by atoms with Crippen LogP contribution in [-0.4, -0.2) is 65.9 Å². The van der Waals surface area contributed by atoms with E-state index in [4.69, 9.17) is 31.5 Å². The van der Waals surface area contributed by atoms with Gasteiger partial charge in [-0.25, -0.2) is 19.8 Å². The van der Waals surface area contributed by atoms with E-state index in [1.165, 1.54) is 217 Å². The van der Waals surface area contributed by atoms with E-state index in [1.54, 1.807) is 6.20 Å². The molecule has 0 aliphatic rings. The Morgan fingerprint density at radius 3 is 1.14 bits per heavy atom. The van der Waals surface area contributed by atoms with Gasteiger partial charge in [-0.3, -0.25) is 19.1 Å². The fourth-order valence-corrected chi connectivity index (χ4v) is 25.7. The first-order chi connectivity index (χ1) is 72.5. The molecule has 0 aliphatic heterocycles. The standard InChI is InChI=1S/C45H26N4.C44H25N5.C42H22N6/c1-2-13-28(14-3-1)47-35-20-10-7-17-31(35)41-39(47)25-46-26-40(41)48-37-23-22-27-12-4-5-15-29(27)42(37)44-38(48)24-33-30-16-6-9-19-34(30)49-36-21-11-8-18-32(36)43(44)45(33)49;1-2-10-28-26(9-1)17-19-37-41(28)43-38(23-33-30-12-4-7-15-35(30)49-36-16-8-5-13-32(36)42(43)44(33)49)48(37)40-20-18-27(24-46-40)47-34-14-6-3-11-29(34)31-21-22-45-25-39(31)47;1-43-26-12-8-11-25(22-26)39-30-16-9-21-44-41(30)46-42(45-39)48-34-20-19-24-10-2-3-13-27(24)36(34)38-35(48)23-31-28-14-4-6-17-32(28)47-33-18-7-5-15-29(33)37(38)40(31)47/h1-26H;1-25H;2-23H. The molecular weight excluding hydrogens is 1780 g/mol. The van der Waals surface area contributed by atoms with Crippen molar-refractivity contribution in [1.82, 2.24) is 65.9 Å². The molecule has 0 aliphatic carbocycles. The van der Waals surface area contributed by atoms with Crippen LogP contribution >= 0.6 is 0 Å². The highest BCUT2D eigenvalue weighted by Gasteiger charge is 2.33. The minimum atomic E-state index is 0.543. The van der Waals surface area contributed by atoms with E-state index in [0.29, 0.717) is 17.3 Å². The molecule has 15 nitrogen and oxygen atoms in total. The second kappa shape index (κ2) is 29.5. The topological polar surface area (TPSA) is 120 Å². The Kier molecular flexibility index (Phi) is 15.9. The zero-order chi connectivity index (χ0) is 95.1. The molecule has 0 atom stereocenters. The zero-order valence-corrected chi connectivity index (χ0v) is 77.9. The van der Waals surface area contributed by atoms with Gasteiger partial charge < -0.3 is 26.9 Å². The molecule has 0 spiro atoms. The summed E-state index contributed by atoms with van der Waals surface area (Å²) in [5.41, 5.74) is 28.4. The van der Waals surface area contributed by atoms with E-state index in [1.807, 2.05) is 61.2 Å². The van der Waals surface area contributed by atoms with Gasteiger partial charge in [0.15, 0.2) is 11.3 Å². The summed E-state index contributed by atoms with van der Waals surface area (Å²) >= 11 is 0. The predicted octanol–water partition coefficient (Wildman–Crippen LogP) is 33.2. The van der Waals surface area contributed by atoms with Crippen LogP contribution in [0.3, 0.4) is 0 Å². The highest BCUT2D eigenvalue weighted by atomic mass is 15.2. The summed E-state index contributed by atoms with van der Waals surface area (Å²) in [6.07, 6.45) is 11.7. The Bertz CT molecular complexity index is 11900. The number of aromatic nitrogens is 14. The first-order valence-electron chi connectivity index (χ1n) is 49.4. The lowest BCUT2D eigenvalue weighted by molar-refractivity contribution is 1.01. The number of nitrogens with zero attached hydrogens (tertiary/aromatic N) is 15. The SMILES string of the molecule is [C-]#[N+]c1cccc(-c2nc(-n3c4ccc5ccccc5c4c4c5c6ccccc6n6c7ccccc7c(cc43)c56)nc3ncccc23)c1.c1ccc(-n2c3ccccc3c3c(-n4c5ccc6ccccc6c5c5c6c7ccccc7n7c8ccccc8c(cc54)c67)cncc32)cc1.c1ccc2c(c1)ccc1c2c2c3c4ccccc4n4c5ccccc5c(cc2n1-c1ccc(-n2c5ccccc5c5ccncc52)cn1)c34. The van der Waals surface area contributed by atoms with Crippen LogP contribution in [-0.2, 0) is 0 Å². The minimum Gasteiger partial charge on any atom is -0.308 e. The second-order valence-electron chi connectivity index (χ2n) is 38.6. The van der Waals surface area contributed by atoms with Crippen molar-refractivity contribution in [3.8, 4) is 40.1 Å². The van der Waals surface area contributed by atoms with Gasteiger partial charge >= 0.3 is 0 Å². The first-order valence-corrected chi connectivity index (χ1v) is 49.4. The second-order valence-corrected chi connectivity index (χ2v) is 38.6. The van der Waals surface area contributed by atoms with Crippen LogP contribution in [0.5, 0.6) is 0 Å². The molecule has 0 saturated heterocycles. The fourth-order valence-electron chi connectivity index (χ4n) is 25.7. The fraction of sp³-hybridized carbons (Fsp3) is 0. The van der Waals surface area contributed by atoms with Crippen molar-refractivity contribution < 1.29 is 0 Å². The van der Waals surface area contributed by atoms with Crippen molar-refractivity contribution in [2.75, 3.05) is 0 Å². The summed E-state index contributed by atoms with van der Waals surface area (Å²) in [5.74, 6) is 1.43. The van der Waals surface area contributed by atoms with Crippen LogP contribution in [0.25, 0.3) is 312 Å². The van der Waals surface area contributed by atoms with Gasteiger partial charge in [0.25, 0.3) is 0 Å². The number of benzene rings is 19. The maximum absolute atomic E-state index is 7.65. The van der Waals surface area contributed by atoms with E-state index in [2.05, 4.69) is 422 Å². The molecule has 35 rings (SSSR count). The lowest BCUT2D eigenvalue weighted by Crippen LogP contribution is -2.04. The van der Waals surface area contributed by atoms with Crippen molar-refractivity contribution in [2.45, 2.75) is 0 Å². The number of fused-ring (bicyclic) bond motifs is 43. The van der Waals surface area contributed by atoms with E-state index in [0.717, 1.165) is 78.1 Å². The third kappa shape index (κ3) is 10.5. The molecule has 672 valence electrons. The molecule has 35 aromatic rings. The molecule has 0 fully saturated rings. The smallest absolute Gasteiger partial charge is 0.237 e. The molecule has 0 bridgehead atoms. The van der Waals surface area contributed by atoms with Crippen molar-refractivity contribution in [2.24, 2.45) is 0 Å². The third-order valence-electron chi connectivity index (χ3n) is 31.4. The quantitative estimate of drug-likeness (QED) is 0.153. The molecule has 0 saturated carbocycles. The van der Waals surface area contributed by atoms with Crippen molar-refractivity contribution >= 4 is 272 Å². The van der Waals surface area contributed by atoms with Crippen LogP contribution in [0, 0.1) is 6.57 Å². The number of hydrogen-bond acceptors (Lipinski definition) is 6. The van der Waals surface area contributed by atoms with Crippen molar-refractivity contribution in [3.05, 3.63) is 455 Å². The first kappa shape index (κ1) is 78.7. The normalized spacial score (nSPS) is 12.4. The number of hydrogen-bond donors (Lipinski definition) is 0. The maximum atomic E-state index is 7.65. The molecule has 0 radical (unpaired) electrons. The summed E-state index contributed by atoms with van der Waals surface area (Å²) in [7, 11) is 0. The molecule has 0 unspecified atom stereocenters. The average Bonchev–Trinajstić information content (AvgIpc) is 1.51. The van der Waals surface area contributed by atoms with Crippen LogP contribution < -0.4 is 0 Å². The molecule has 15 heteroatoms. The average molecular weight is 1860 g/mol. The van der Waals surface area contributed by atoms with Crippen LogP contribution in [0.4, 0.5) is 5.69 Å². The molecule has 19 aromatic carbocycles. The van der Waals surface area contributed by atoms with Crippen LogP contribution in [0.1, 0.15) is 0 Å². The van der Waals surface area contributed by atoms with Gasteiger partial charge in [-0.15, -0.1) is 0 Å². The van der Waals surface area contributed by atoms with Gasteiger partial charge in [0.1, 0.15) is 5.82 Å². The largest absolute Gasteiger partial charge is 0.308 e. The summed E-state index contributed by atoms with van der Waals surface area (Å²) in [4.78, 5) is 33.6. The van der Waals surface area contributed by atoms with Crippen molar-refractivity contribution in [1.29, 1.82) is 0 Å². The van der Waals surface area contributed by atoms with E-state index in [9.17, 15) is 0 Å². The molecule has 16 heterocycles. The van der Waals surface area contributed by atoms with Crippen molar-refractivity contribution in [3.63, 3.8) is 0 Å². The molecule has 0 amide bonds. The van der Waals surface area contributed by atoms with Gasteiger partial charge in [-0.2, -0.15) is 4.98 Å². The summed E-state index contributed by atoms with van der Waals surface area (Å²) < 4.78 is 19.1. The number of rotatable bonds is 6. The van der Waals surface area contributed by atoms with E-state index < -0.39 is 0 Å². The number of para-hydroxylation sites is 9. The Morgan fingerprint density at radius 2 is 0.623 bits per heavy atom. The van der Waals surface area contributed by atoms with Crippen LogP contribution in [0.2, 0.25) is 0 Å². The predicted molar refractivity (Wildman–Crippen MR) is 603 cm³/mol. The Labute approximate surface area is 827 Å². The Morgan fingerprint density at radius 1 is 0.212 bits per heavy atom. The molecule has 16 aromatic heterocycles. The highest BCUT2D eigenvalue weighted by molar-refractivity contribution is 6.42. The van der Waals surface area contributed by atoms with Gasteiger partial charge in [0, 0.05) is 142 Å². The zero-order valence-electron chi connectivity index (χ0n) is 77.9. The molecule has 146 heavy (non-hydrogen) atoms. The molecule has 0 N–H and O–H groups in total. The lowest BCUT2D eigenvalue weighted by atomic mass is 9.99. The minimum absolute atomic E-state index is 0.543. The third-order valence-corrected chi connectivity index (χ3v) is 31.4. The number of pyridine rings is 4. The van der Waals surface area contributed by atoms with Crippen LogP contribution in [0.15, 0.2) is 444 Å². The monoisotopic (exact) mass is 1860 g/mol. The summed E-state index contributed by atoms with van der Waals surface area (Å²) in [6, 6.07) is 146. The summed E-state index contributed by atoms with van der Waals surface area (Å²) in [5, 5.41) is 35.6. The Balaban J connectivity index is 0.0000000958. The van der Waals surface area contributed by atoms with E-state index >= 15 is 0 Å². The van der Waals surface area contributed by atoms with E-state index in [-0.39, 0.29) is 0 Å². The highest BCUT2D eigenvalue weighted by Crippen LogP contribution is 2.55.